The van der Waals surface area contributed by atoms with Crippen molar-refractivity contribution in [2.45, 2.75) is 12.5 Å². The molecule has 0 aliphatic carbocycles. The van der Waals surface area contributed by atoms with Gasteiger partial charge in [-0.15, -0.1) is 0 Å². The lowest BCUT2D eigenvalue weighted by Gasteiger charge is -2.22. The predicted octanol–water partition coefficient (Wildman–Crippen LogP) is 2.73. The minimum Gasteiger partial charge on any atom is -0.323 e. The molecule has 1 atom stereocenters. The molecule has 3 rings (SSSR count). The highest BCUT2D eigenvalue weighted by molar-refractivity contribution is 9.10. The second-order valence-corrected chi connectivity index (χ2v) is 7.08. The lowest BCUT2D eigenvalue weighted by Crippen LogP contribution is -2.42. The first-order valence-electron chi connectivity index (χ1n) is 8.04. The van der Waals surface area contributed by atoms with E-state index in [1.807, 2.05) is 12.1 Å². The van der Waals surface area contributed by atoms with Crippen LogP contribution < -0.4 is 10.6 Å². The lowest BCUT2D eigenvalue weighted by molar-refractivity contribution is -0.133. The highest BCUT2D eigenvalue weighted by atomic mass is 79.9. The van der Waals surface area contributed by atoms with Crippen molar-refractivity contribution in [3.05, 3.63) is 64.1 Å². The number of nitriles is 1. The Morgan fingerprint density at radius 3 is 2.70 bits per heavy atom. The summed E-state index contributed by atoms with van der Waals surface area (Å²) in [5, 5.41) is 14.3. The smallest absolute Gasteiger partial charge is 0.323 e. The molecule has 2 aromatic carbocycles. The van der Waals surface area contributed by atoms with Crippen LogP contribution in [0.4, 0.5) is 10.5 Å². The minimum absolute atomic E-state index is 0.294. The van der Waals surface area contributed by atoms with Crippen LogP contribution in [-0.4, -0.2) is 29.3 Å². The summed E-state index contributed by atoms with van der Waals surface area (Å²) in [6, 6.07) is 14.9. The van der Waals surface area contributed by atoms with E-state index in [1.54, 1.807) is 49.4 Å². The summed E-state index contributed by atoms with van der Waals surface area (Å²) in [7, 11) is 0. The van der Waals surface area contributed by atoms with Gasteiger partial charge in [0.25, 0.3) is 5.91 Å². The molecule has 1 fully saturated rings. The Kier molecular flexibility index (Phi) is 4.97. The average molecular weight is 427 g/mol. The molecular formula is C19H15BrN4O3. The number of amides is 4. The zero-order valence-corrected chi connectivity index (χ0v) is 15.9. The highest BCUT2D eigenvalue weighted by Crippen LogP contribution is 2.30. The normalized spacial score (nSPS) is 18.8. The maximum atomic E-state index is 12.9. The highest BCUT2D eigenvalue weighted by Gasteiger charge is 2.49. The molecule has 0 radical (unpaired) electrons. The van der Waals surface area contributed by atoms with Gasteiger partial charge in [0.05, 0.1) is 11.3 Å². The van der Waals surface area contributed by atoms with Crippen molar-refractivity contribution < 1.29 is 14.4 Å². The number of imide groups is 1. The monoisotopic (exact) mass is 426 g/mol. The fourth-order valence-corrected chi connectivity index (χ4v) is 3.26. The third kappa shape index (κ3) is 3.55. The zero-order chi connectivity index (χ0) is 19.6. The second kappa shape index (κ2) is 7.21. The number of urea groups is 1. The molecule has 8 heteroatoms. The van der Waals surface area contributed by atoms with Gasteiger partial charge in [0.2, 0.25) is 5.91 Å². The molecule has 27 heavy (non-hydrogen) atoms. The summed E-state index contributed by atoms with van der Waals surface area (Å²) < 4.78 is 0.771. The fourth-order valence-electron chi connectivity index (χ4n) is 2.86. The van der Waals surface area contributed by atoms with Crippen LogP contribution in [0.1, 0.15) is 18.1 Å². The lowest BCUT2D eigenvalue weighted by atomic mass is 9.92. The number of carbonyl (C=O) groups is 3. The van der Waals surface area contributed by atoms with Gasteiger partial charge < -0.3 is 10.6 Å². The van der Waals surface area contributed by atoms with E-state index >= 15 is 0 Å². The van der Waals surface area contributed by atoms with Crippen molar-refractivity contribution in [2.24, 2.45) is 0 Å². The van der Waals surface area contributed by atoms with Gasteiger partial charge in [-0.25, -0.2) is 4.79 Å². The largest absolute Gasteiger partial charge is 0.325 e. The average Bonchev–Trinajstić information content (AvgIpc) is 2.86. The third-order valence-corrected chi connectivity index (χ3v) is 4.79. The number of benzene rings is 2. The van der Waals surface area contributed by atoms with Crippen LogP contribution in [-0.2, 0) is 15.1 Å². The molecule has 0 bridgehead atoms. The molecule has 7 nitrogen and oxygen atoms in total. The van der Waals surface area contributed by atoms with E-state index in [4.69, 9.17) is 5.26 Å². The first-order valence-corrected chi connectivity index (χ1v) is 8.83. The Hall–Kier alpha value is -3.18. The Bertz CT molecular complexity index is 985. The van der Waals surface area contributed by atoms with Crippen molar-refractivity contribution in [1.82, 2.24) is 10.2 Å². The molecule has 0 unspecified atom stereocenters. The number of hydrogen-bond acceptors (Lipinski definition) is 4. The van der Waals surface area contributed by atoms with E-state index in [9.17, 15) is 14.4 Å². The van der Waals surface area contributed by atoms with E-state index < -0.39 is 29.9 Å². The summed E-state index contributed by atoms with van der Waals surface area (Å²) in [4.78, 5) is 38.4. The SMILES string of the molecule is C[C@]1(c2cccc(Br)c2)NC(=O)N(CC(=O)Nc2ccccc2C#N)C1=O. The Balaban J connectivity index is 1.78. The molecule has 0 spiro atoms. The van der Waals surface area contributed by atoms with Gasteiger partial charge in [-0.3, -0.25) is 14.5 Å². The van der Waals surface area contributed by atoms with Gasteiger partial charge in [-0.2, -0.15) is 5.26 Å². The molecule has 2 aromatic rings. The number of carbonyl (C=O) groups excluding carboxylic acids is 3. The van der Waals surface area contributed by atoms with Crippen LogP contribution in [0.15, 0.2) is 53.0 Å². The summed E-state index contributed by atoms with van der Waals surface area (Å²) in [5.74, 6) is -1.09. The van der Waals surface area contributed by atoms with E-state index in [1.165, 1.54) is 0 Å². The van der Waals surface area contributed by atoms with Gasteiger partial charge in [0.1, 0.15) is 18.2 Å². The molecule has 0 saturated carbocycles. The first-order chi connectivity index (χ1) is 12.8. The number of halogens is 1. The molecule has 2 N–H and O–H groups in total. The first kappa shape index (κ1) is 18.6. The van der Waals surface area contributed by atoms with Gasteiger partial charge in [0.15, 0.2) is 0 Å². The van der Waals surface area contributed by atoms with Crippen LogP contribution in [0.5, 0.6) is 0 Å². The van der Waals surface area contributed by atoms with Crippen molar-refractivity contribution in [1.29, 1.82) is 5.26 Å². The topological polar surface area (TPSA) is 102 Å². The Labute approximate surface area is 164 Å². The van der Waals surface area contributed by atoms with Crippen LogP contribution in [0.25, 0.3) is 0 Å². The molecule has 1 aliphatic heterocycles. The van der Waals surface area contributed by atoms with Crippen LogP contribution in [0, 0.1) is 11.3 Å². The van der Waals surface area contributed by atoms with Gasteiger partial charge >= 0.3 is 6.03 Å². The minimum atomic E-state index is -1.26. The number of anilines is 1. The molecule has 136 valence electrons. The molecule has 4 amide bonds. The molecule has 1 aliphatic rings. The molecule has 1 heterocycles. The van der Waals surface area contributed by atoms with Crippen molar-refractivity contribution in [3.8, 4) is 6.07 Å². The number of nitrogens with one attached hydrogen (secondary N) is 2. The molecular weight excluding hydrogens is 412 g/mol. The Morgan fingerprint density at radius 1 is 1.26 bits per heavy atom. The number of rotatable bonds is 4. The maximum Gasteiger partial charge on any atom is 0.325 e. The summed E-state index contributed by atoms with van der Waals surface area (Å²) in [6.45, 7) is 1.14. The van der Waals surface area contributed by atoms with Crippen molar-refractivity contribution in [2.75, 3.05) is 11.9 Å². The van der Waals surface area contributed by atoms with Crippen molar-refractivity contribution >= 4 is 39.5 Å². The van der Waals surface area contributed by atoms with Gasteiger partial charge in [-0.05, 0) is 36.8 Å². The summed E-state index contributed by atoms with van der Waals surface area (Å²) >= 11 is 3.35. The quantitative estimate of drug-likeness (QED) is 0.733. The fraction of sp³-hybridized carbons (Fsp3) is 0.158. The number of para-hydroxylation sites is 1. The van der Waals surface area contributed by atoms with Crippen LogP contribution in [0.2, 0.25) is 0 Å². The predicted molar refractivity (Wildman–Crippen MR) is 102 cm³/mol. The van der Waals surface area contributed by atoms with Crippen LogP contribution >= 0.6 is 15.9 Å². The molecule has 0 aromatic heterocycles. The number of nitrogens with zero attached hydrogens (tertiary/aromatic N) is 2. The second-order valence-electron chi connectivity index (χ2n) is 6.16. The summed E-state index contributed by atoms with van der Waals surface area (Å²) in [6.07, 6.45) is 0. The van der Waals surface area contributed by atoms with Gasteiger partial charge in [-0.1, -0.05) is 40.2 Å². The Morgan fingerprint density at radius 2 is 2.00 bits per heavy atom. The van der Waals surface area contributed by atoms with Gasteiger partial charge in [0, 0.05) is 4.47 Å². The van der Waals surface area contributed by atoms with Crippen molar-refractivity contribution in [3.63, 3.8) is 0 Å². The zero-order valence-electron chi connectivity index (χ0n) is 14.3. The van der Waals surface area contributed by atoms with E-state index in [2.05, 4.69) is 26.6 Å². The van der Waals surface area contributed by atoms with E-state index in [0.717, 1.165) is 9.37 Å². The standard InChI is InChI=1S/C19H15BrN4O3/c1-19(13-6-4-7-14(20)9-13)17(26)24(18(27)23-19)11-16(25)22-15-8-3-2-5-12(15)10-21/h2-9H,11H2,1H3,(H,22,25)(H,23,27)/t19-/m1/s1. The number of hydrogen-bond donors (Lipinski definition) is 2. The maximum absolute atomic E-state index is 12.9. The van der Waals surface area contributed by atoms with Crippen LogP contribution in [0.3, 0.4) is 0 Å². The summed E-state index contributed by atoms with van der Waals surface area (Å²) in [5.41, 5.74) is -0.0344. The third-order valence-electron chi connectivity index (χ3n) is 4.30. The van der Waals surface area contributed by atoms with E-state index in [0.29, 0.717) is 16.8 Å². The van der Waals surface area contributed by atoms with E-state index in [-0.39, 0.29) is 0 Å². The molecule has 1 saturated heterocycles.